The average molecular weight is 285 g/mol. The molecule has 1 aliphatic carbocycles. The molecule has 1 saturated carbocycles. The fourth-order valence-corrected chi connectivity index (χ4v) is 2.98. The van der Waals surface area contributed by atoms with E-state index in [1.165, 1.54) is 0 Å². The van der Waals surface area contributed by atoms with Crippen LogP contribution in [0.1, 0.15) is 32.6 Å². The maximum Gasteiger partial charge on any atom is 0.330 e. The molecule has 7 nitrogen and oxygen atoms in total. The number of hydrogen-bond acceptors (Lipinski definition) is 4. The Morgan fingerprint density at radius 1 is 1.35 bits per heavy atom. The summed E-state index contributed by atoms with van der Waals surface area (Å²) in [5.41, 5.74) is 1.57. The maximum atomic E-state index is 12.0. The van der Waals surface area contributed by atoms with Crippen LogP contribution in [0.2, 0.25) is 0 Å². The molecule has 3 N–H and O–H groups in total. The van der Waals surface area contributed by atoms with Crippen LogP contribution in [0, 0.1) is 5.92 Å². The lowest BCUT2D eigenvalue weighted by Crippen LogP contribution is -2.61. The molecule has 20 heavy (non-hydrogen) atoms. The van der Waals surface area contributed by atoms with E-state index >= 15 is 0 Å². The first-order chi connectivity index (χ1) is 9.52. The minimum atomic E-state index is -1.13. The monoisotopic (exact) mass is 285 g/mol. The van der Waals surface area contributed by atoms with Gasteiger partial charge < -0.3 is 15.2 Å². The zero-order valence-electron chi connectivity index (χ0n) is 11.9. The van der Waals surface area contributed by atoms with Gasteiger partial charge in [0, 0.05) is 13.1 Å². The van der Waals surface area contributed by atoms with Crippen molar-refractivity contribution in [2.24, 2.45) is 5.92 Å². The molecular formula is C13H23N3O4. The number of amides is 2. The second-order valence-corrected chi connectivity index (χ2v) is 5.75. The normalized spacial score (nSPS) is 31.6. The molecule has 2 atom stereocenters. The molecule has 0 spiro atoms. The van der Waals surface area contributed by atoms with Crippen LogP contribution in [0.4, 0.5) is 4.79 Å². The molecule has 1 heterocycles. The van der Waals surface area contributed by atoms with Gasteiger partial charge in [-0.3, -0.25) is 5.43 Å². The number of nitrogens with one attached hydrogen (secondary N) is 2. The largest absolute Gasteiger partial charge is 0.480 e. The number of aliphatic carboxylic acids is 1. The fourth-order valence-electron chi connectivity index (χ4n) is 2.98. The molecule has 0 aromatic carbocycles. The average Bonchev–Trinajstić information content (AvgIpc) is 2.39. The summed E-state index contributed by atoms with van der Waals surface area (Å²) < 4.78 is 5.20. The molecule has 7 heteroatoms. The predicted molar refractivity (Wildman–Crippen MR) is 72.1 cm³/mol. The Hall–Kier alpha value is -1.34. The van der Waals surface area contributed by atoms with Gasteiger partial charge in [0.2, 0.25) is 0 Å². The summed E-state index contributed by atoms with van der Waals surface area (Å²) in [6.45, 7) is 4.40. The molecule has 2 aliphatic rings. The molecule has 0 aromatic rings. The predicted octanol–water partition coefficient (Wildman–Crippen LogP) is 0.566. The SMILES string of the molecule is CC1CCCC(NC(=O)NN2CCOCC2)(C(=O)O)C1. The van der Waals surface area contributed by atoms with Gasteiger partial charge in [-0.05, 0) is 18.8 Å². The quantitative estimate of drug-likeness (QED) is 0.705. The van der Waals surface area contributed by atoms with Crippen LogP contribution in [0.25, 0.3) is 0 Å². The van der Waals surface area contributed by atoms with Crippen molar-refractivity contribution in [1.29, 1.82) is 0 Å². The van der Waals surface area contributed by atoms with Crippen LogP contribution in [0.5, 0.6) is 0 Å². The standard InChI is InChI=1S/C13H23N3O4/c1-10-3-2-4-13(9-10,11(17)18)14-12(19)15-16-5-7-20-8-6-16/h10H,2-9H2,1H3,(H,17,18)(H2,14,15,19). The summed E-state index contributed by atoms with van der Waals surface area (Å²) in [4.78, 5) is 23.6. The smallest absolute Gasteiger partial charge is 0.330 e. The number of nitrogens with zero attached hydrogens (tertiary/aromatic N) is 1. The molecule has 0 radical (unpaired) electrons. The van der Waals surface area contributed by atoms with E-state index in [9.17, 15) is 14.7 Å². The summed E-state index contributed by atoms with van der Waals surface area (Å²) in [5.74, 6) is -0.635. The number of rotatable bonds is 3. The third-order valence-corrected chi connectivity index (χ3v) is 4.03. The Morgan fingerprint density at radius 2 is 2.05 bits per heavy atom. The number of carboxylic acids is 1. The van der Waals surface area contributed by atoms with E-state index in [0.717, 1.165) is 12.8 Å². The lowest BCUT2D eigenvalue weighted by atomic mass is 9.76. The van der Waals surface area contributed by atoms with E-state index in [-0.39, 0.29) is 0 Å². The van der Waals surface area contributed by atoms with Gasteiger partial charge in [0.25, 0.3) is 0 Å². The van der Waals surface area contributed by atoms with Gasteiger partial charge >= 0.3 is 12.0 Å². The summed E-state index contributed by atoms with van der Waals surface area (Å²) in [7, 11) is 0. The highest BCUT2D eigenvalue weighted by Gasteiger charge is 2.43. The zero-order chi connectivity index (χ0) is 14.6. The first-order valence-corrected chi connectivity index (χ1v) is 7.17. The van der Waals surface area contributed by atoms with Crippen molar-refractivity contribution in [1.82, 2.24) is 15.8 Å². The molecule has 2 unspecified atom stereocenters. The minimum Gasteiger partial charge on any atom is -0.480 e. The molecular weight excluding hydrogens is 262 g/mol. The third kappa shape index (κ3) is 3.61. The first-order valence-electron chi connectivity index (χ1n) is 7.17. The number of carboxylic acid groups (broad SMARTS) is 1. The molecule has 1 saturated heterocycles. The fraction of sp³-hybridized carbons (Fsp3) is 0.846. The van der Waals surface area contributed by atoms with Gasteiger partial charge in [0.15, 0.2) is 0 Å². The Bertz CT molecular complexity index is 371. The highest BCUT2D eigenvalue weighted by molar-refractivity contribution is 5.86. The zero-order valence-corrected chi connectivity index (χ0v) is 11.9. The highest BCUT2D eigenvalue weighted by atomic mass is 16.5. The van der Waals surface area contributed by atoms with E-state index in [1.54, 1.807) is 5.01 Å². The Kier molecular flexibility index (Phi) is 4.82. The van der Waals surface area contributed by atoms with E-state index < -0.39 is 17.5 Å². The van der Waals surface area contributed by atoms with Gasteiger partial charge in [0.1, 0.15) is 5.54 Å². The van der Waals surface area contributed by atoms with Crippen molar-refractivity contribution in [3.8, 4) is 0 Å². The second-order valence-electron chi connectivity index (χ2n) is 5.75. The lowest BCUT2D eigenvalue weighted by Gasteiger charge is -2.37. The lowest BCUT2D eigenvalue weighted by molar-refractivity contribution is -0.146. The number of hydrazine groups is 1. The Morgan fingerprint density at radius 3 is 2.65 bits per heavy atom. The number of carbonyl (C=O) groups excluding carboxylic acids is 1. The van der Waals surface area contributed by atoms with Gasteiger partial charge in [-0.25, -0.2) is 14.6 Å². The molecule has 114 valence electrons. The van der Waals surface area contributed by atoms with Crippen LogP contribution in [0.3, 0.4) is 0 Å². The van der Waals surface area contributed by atoms with Gasteiger partial charge in [-0.2, -0.15) is 0 Å². The summed E-state index contributed by atoms with van der Waals surface area (Å²) in [5, 5.41) is 13.9. The minimum absolute atomic E-state index is 0.309. The number of hydrogen-bond donors (Lipinski definition) is 3. The molecule has 2 fully saturated rings. The molecule has 2 rings (SSSR count). The number of carbonyl (C=O) groups is 2. The number of ether oxygens (including phenoxy) is 1. The molecule has 0 bridgehead atoms. The molecule has 0 aromatic heterocycles. The van der Waals surface area contributed by atoms with Crippen molar-refractivity contribution in [3.63, 3.8) is 0 Å². The van der Waals surface area contributed by atoms with E-state index in [0.29, 0.717) is 45.1 Å². The van der Waals surface area contributed by atoms with Gasteiger partial charge in [-0.1, -0.05) is 19.8 Å². The Labute approximate surface area is 118 Å². The van der Waals surface area contributed by atoms with E-state index in [4.69, 9.17) is 4.74 Å². The van der Waals surface area contributed by atoms with Crippen LogP contribution < -0.4 is 10.7 Å². The highest BCUT2D eigenvalue weighted by Crippen LogP contribution is 2.32. The molecule has 1 aliphatic heterocycles. The second kappa shape index (κ2) is 6.41. The maximum absolute atomic E-state index is 12.0. The first kappa shape index (κ1) is 15.1. The number of urea groups is 1. The van der Waals surface area contributed by atoms with Gasteiger partial charge in [-0.15, -0.1) is 0 Å². The summed E-state index contributed by atoms with van der Waals surface area (Å²) in [6, 6.07) is -0.441. The summed E-state index contributed by atoms with van der Waals surface area (Å²) >= 11 is 0. The van der Waals surface area contributed by atoms with Crippen LogP contribution in [0.15, 0.2) is 0 Å². The Balaban J connectivity index is 1.93. The van der Waals surface area contributed by atoms with Crippen LogP contribution >= 0.6 is 0 Å². The van der Waals surface area contributed by atoms with E-state index in [2.05, 4.69) is 10.7 Å². The van der Waals surface area contributed by atoms with Gasteiger partial charge in [0.05, 0.1) is 13.2 Å². The van der Waals surface area contributed by atoms with Crippen LogP contribution in [-0.2, 0) is 9.53 Å². The summed E-state index contributed by atoms with van der Waals surface area (Å²) in [6.07, 6.45) is 2.81. The van der Waals surface area contributed by atoms with Crippen molar-refractivity contribution < 1.29 is 19.4 Å². The van der Waals surface area contributed by atoms with Crippen molar-refractivity contribution in [2.75, 3.05) is 26.3 Å². The van der Waals surface area contributed by atoms with Crippen molar-refractivity contribution in [2.45, 2.75) is 38.1 Å². The van der Waals surface area contributed by atoms with Crippen molar-refractivity contribution >= 4 is 12.0 Å². The topological polar surface area (TPSA) is 90.9 Å². The number of morpholine rings is 1. The third-order valence-electron chi connectivity index (χ3n) is 4.03. The van der Waals surface area contributed by atoms with E-state index in [1.807, 2.05) is 6.92 Å². The molecule has 2 amide bonds. The van der Waals surface area contributed by atoms with Crippen molar-refractivity contribution in [3.05, 3.63) is 0 Å². The van der Waals surface area contributed by atoms with Crippen LogP contribution in [-0.4, -0.2) is 54.0 Å².